The van der Waals surface area contributed by atoms with Gasteiger partial charge in [-0.25, -0.2) is 0 Å². The van der Waals surface area contributed by atoms with Crippen LogP contribution in [0.15, 0.2) is 11.0 Å². The Morgan fingerprint density at radius 3 is 2.93 bits per heavy atom. The zero-order valence-corrected chi connectivity index (χ0v) is 9.14. The first-order chi connectivity index (χ1) is 7.13. The summed E-state index contributed by atoms with van der Waals surface area (Å²) in [6.07, 6.45) is -0.351. The van der Waals surface area contributed by atoms with Gasteiger partial charge in [0.1, 0.15) is 11.4 Å². The lowest BCUT2D eigenvalue weighted by atomic mass is 10.2. The fourth-order valence-electron chi connectivity index (χ4n) is 1.44. The van der Waals surface area contributed by atoms with Crippen LogP contribution in [-0.2, 0) is 0 Å². The number of hydrogen-bond acceptors (Lipinski definition) is 6. The Morgan fingerprint density at radius 1 is 1.53 bits per heavy atom. The molecule has 6 heteroatoms. The minimum atomic E-state index is -0.351. The normalized spacial score (nSPS) is 19.2. The van der Waals surface area contributed by atoms with Crippen molar-refractivity contribution in [1.82, 2.24) is 0 Å². The number of nitrogen functional groups attached to an aromatic ring is 2. The second-order valence-electron chi connectivity index (χ2n) is 3.21. The van der Waals surface area contributed by atoms with Crippen molar-refractivity contribution in [3.63, 3.8) is 0 Å². The first-order valence-electron chi connectivity index (χ1n) is 4.44. The van der Waals surface area contributed by atoms with Crippen molar-refractivity contribution in [3.8, 4) is 11.5 Å². The van der Waals surface area contributed by atoms with Crippen molar-refractivity contribution in [2.75, 3.05) is 24.3 Å². The zero-order valence-electron chi connectivity index (χ0n) is 8.32. The fourth-order valence-corrected chi connectivity index (χ4v) is 2.35. The summed E-state index contributed by atoms with van der Waals surface area (Å²) in [6.45, 7) is 0. The Labute approximate surface area is 91.9 Å². The average molecular weight is 227 g/mol. The van der Waals surface area contributed by atoms with Crippen molar-refractivity contribution in [2.45, 2.75) is 11.1 Å². The van der Waals surface area contributed by atoms with Gasteiger partial charge in [-0.05, 0) is 0 Å². The van der Waals surface area contributed by atoms with E-state index in [1.165, 1.54) is 7.11 Å². The summed E-state index contributed by atoms with van der Waals surface area (Å²) in [6, 6.07) is 1.70. The van der Waals surface area contributed by atoms with E-state index < -0.39 is 0 Å². The number of anilines is 2. The zero-order chi connectivity index (χ0) is 11.0. The van der Waals surface area contributed by atoms with Gasteiger partial charge < -0.3 is 20.9 Å². The van der Waals surface area contributed by atoms with Crippen LogP contribution in [0, 0.1) is 0 Å². The predicted octanol–water partition coefficient (Wildman–Crippen LogP) is 0.629. The maximum absolute atomic E-state index is 5.87. The molecule has 0 saturated carbocycles. The third-order valence-electron chi connectivity index (χ3n) is 2.15. The molecule has 1 aromatic rings. The summed E-state index contributed by atoms with van der Waals surface area (Å²) in [5.41, 5.74) is 18.5. The molecular weight excluding hydrogens is 214 g/mol. The summed E-state index contributed by atoms with van der Waals surface area (Å²) in [5.74, 6) is 1.72. The van der Waals surface area contributed by atoms with Gasteiger partial charge >= 0.3 is 0 Å². The second kappa shape index (κ2) is 3.71. The molecule has 0 amide bonds. The molecule has 0 fully saturated rings. The number of ether oxygens (including phenoxy) is 2. The molecule has 1 aliphatic heterocycles. The Bertz CT molecular complexity index is 397. The number of nitrogens with two attached hydrogens (primary N) is 3. The van der Waals surface area contributed by atoms with Crippen LogP contribution < -0.4 is 26.7 Å². The first-order valence-corrected chi connectivity index (χ1v) is 5.43. The van der Waals surface area contributed by atoms with Gasteiger partial charge in [-0.3, -0.25) is 5.73 Å². The Hall–Kier alpha value is -1.27. The molecule has 0 bridgehead atoms. The number of methoxy groups -OCH3 is 1. The SMILES string of the molecule is COc1cc(N)c2c(c1N)OC(N)CS2. The molecule has 0 saturated heterocycles. The van der Waals surface area contributed by atoms with E-state index in [2.05, 4.69) is 0 Å². The van der Waals surface area contributed by atoms with Crippen LogP contribution in [0.4, 0.5) is 11.4 Å². The molecule has 15 heavy (non-hydrogen) atoms. The smallest absolute Gasteiger partial charge is 0.164 e. The number of benzene rings is 1. The van der Waals surface area contributed by atoms with E-state index >= 15 is 0 Å². The van der Waals surface area contributed by atoms with Gasteiger partial charge in [-0.1, -0.05) is 0 Å². The quantitative estimate of drug-likeness (QED) is 0.609. The Balaban J connectivity index is 2.55. The van der Waals surface area contributed by atoms with E-state index in [0.717, 1.165) is 4.90 Å². The molecule has 0 aromatic heterocycles. The largest absolute Gasteiger partial charge is 0.494 e. The van der Waals surface area contributed by atoms with E-state index in [1.54, 1.807) is 17.8 Å². The van der Waals surface area contributed by atoms with Crippen LogP contribution >= 0.6 is 11.8 Å². The van der Waals surface area contributed by atoms with E-state index in [9.17, 15) is 0 Å². The first kappa shape index (κ1) is 10.3. The number of rotatable bonds is 1. The third kappa shape index (κ3) is 1.66. The molecule has 5 nitrogen and oxygen atoms in total. The Kier molecular flexibility index (Phi) is 2.54. The van der Waals surface area contributed by atoms with Gasteiger partial charge in [-0.2, -0.15) is 0 Å². The van der Waals surface area contributed by atoms with Crippen LogP contribution in [-0.4, -0.2) is 19.1 Å². The van der Waals surface area contributed by atoms with Gasteiger partial charge in [0.2, 0.25) is 0 Å². The van der Waals surface area contributed by atoms with Crippen molar-refractivity contribution < 1.29 is 9.47 Å². The lowest BCUT2D eigenvalue weighted by Crippen LogP contribution is -2.32. The monoisotopic (exact) mass is 227 g/mol. The van der Waals surface area contributed by atoms with Gasteiger partial charge in [0.25, 0.3) is 0 Å². The fraction of sp³-hybridized carbons (Fsp3) is 0.333. The van der Waals surface area contributed by atoms with Gasteiger partial charge in [0, 0.05) is 11.8 Å². The van der Waals surface area contributed by atoms with Gasteiger partial charge in [-0.15, -0.1) is 11.8 Å². The standard InChI is InChI=1S/C9H13N3O2S/c1-13-5-2-4(10)9-8(7(5)12)14-6(11)3-15-9/h2,6H,3,10-12H2,1H3. The minimum absolute atomic E-state index is 0.351. The molecule has 0 aliphatic carbocycles. The van der Waals surface area contributed by atoms with Crippen molar-refractivity contribution in [3.05, 3.63) is 6.07 Å². The third-order valence-corrected chi connectivity index (χ3v) is 3.35. The average Bonchev–Trinajstić information content (AvgIpc) is 2.23. The molecule has 2 rings (SSSR count). The van der Waals surface area contributed by atoms with Crippen molar-refractivity contribution in [1.29, 1.82) is 0 Å². The van der Waals surface area contributed by atoms with Crippen LogP contribution in [0.25, 0.3) is 0 Å². The topological polar surface area (TPSA) is 96.5 Å². The van der Waals surface area contributed by atoms with Crippen LogP contribution in [0.5, 0.6) is 11.5 Å². The highest BCUT2D eigenvalue weighted by Gasteiger charge is 2.24. The highest BCUT2D eigenvalue weighted by Crippen LogP contribution is 2.47. The van der Waals surface area contributed by atoms with E-state index in [0.29, 0.717) is 28.6 Å². The van der Waals surface area contributed by atoms with E-state index in [4.69, 9.17) is 26.7 Å². The second-order valence-corrected chi connectivity index (χ2v) is 4.24. The van der Waals surface area contributed by atoms with E-state index in [-0.39, 0.29) is 6.23 Å². The predicted molar refractivity (Wildman–Crippen MR) is 61.1 cm³/mol. The lowest BCUT2D eigenvalue weighted by Gasteiger charge is -2.25. The highest BCUT2D eigenvalue weighted by atomic mass is 32.2. The molecule has 0 radical (unpaired) electrons. The van der Waals surface area contributed by atoms with Gasteiger partial charge in [0.05, 0.1) is 17.7 Å². The molecule has 82 valence electrons. The summed E-state index contributed by atoms with van der Waals surface area (Å²) in [7, 11) is 1.54. The molecule has 1 heterocycles. The number of thioether (sulfide) groups is 1. The minimum Gasteiger partial charge on any atom is -0.494 e. The number of fused-ring (bicyclic) bond motifs is 1. The molecule has 1 unspecified atom stereocenters. The maximum Gasteiger partial charge on any atom is 0.164 e. The maximum atomic E-state index is 5.87. The molecule has 6 N–H and O–H groups in total. The summed E-state index contributed by atoms with van der Waals surface area (Å²) < 4.78 is 10.5. The van der Waals surface area contributed by atoms with Crippen molar-refractivity contribution in [2.24, 2.45) is 5.73 Å². The van der Waals surface area contributed by atoms with Crippen LogP contribution in [0.1, 0.15) is 0 Å². The summed E-state index contributed by atoms with van der Waals surface area (Å²) in [4.78, 5) is 0.843. The van der Waals surface area contributed by atoms with Crippen molar-refractivity contribution >= 4 is 23.1 Å². The van der Waals surface area contributed by atoms with Gasteiger partial charge in [0.15, 0.2) is 12.0 Å². The molecule has 1 atom stereocenters. The van der Waals surface area contributed by atoms with Crippen LogP contribution in [0.2, 0.25) is 0 Å². The summed E-state index contributed by atoms with van der Waals surface area (Å²) >= 11 is 1.55. The summed E-state index contributed by atoms with van der Waals surface area (Å²) in [5, 5.41) is 0. The molecule has 0 spiro atoms. The lowest BCUT2D eigenvalue weighted by molar-refractivity contribution is 0.224. The van der Waals surface area contributed by atoms with E-state index in [1.807, 2.05) is 0 Å². The Morgan fingerprint density at radius 2 is 2.27 bits per heavy atom. The molecule has 1 aliphatic rings. The number of hydrogen-bond donors (Lipinski definition) is 3. The van der Waals surface area contributed by atoms with Crippen LogP contribution in [0.3, 0.4) is 0 Å². The molecular formula is C9H13N3O2S. The molecule has 1 aromatic carbocycles. The highest BCUT2D eigenvalue weighted by molar-refractivity contribution is 7.99.